The van der Waals surface area contributed by atoms with Gasteiger partial charge < -0.3 is 50.5 Å². The van der Waals surface area contributed by atoms with Gasteiger partial charge in [-0.3, -0.25) is 4.79 Å². The Bertz CT molecular complexity index is 954. The van der Waals surface area contributed by atoms with Gasteiger partial charge in [-0.2, -0.15) is 0 Å². The number of allylic oxidation sites excluding steroid dienone is 2. The average Bonchev–Trinajstić information content (AvgIpc) is 3.22. The van der Waals surface area contributed by atoms with Crippen molar-refractivity contribution in [1.29, 1.82) is 0 Å². The van der Waals surface area contributed by atoms with Crippen molar-refractivity contribution in [3.8, 4) is 0 Å². The van der Waals surface area contributed by atoms with E-state index in [-0.39, 0.29) is 6.42 Å². The lowest BCUT2D eigenvalue weighted by molar-refractivity contribution is -0.303. The first kappa shape index (κ1) is 54.9. The third-order valence-electron chi connectivity index (χ3n) is 11.8. The number of carbonyl (C=O) groups excluding carboxylic acids is 1. The van der Waals surface area contributed by atoms with Gasteiger partial charge in [0.25, 0.3) is 0 Å². The van der Waals surface area contributed by atoms with E-state index in [4.69, 9.17) is 9.47 Å². The van der Waals surface area contributed by atoms with Crippen LogP contribution in [0.1, 0.15) is 213 Å². The van der Waals surface area contributed by atoms with E-state index in [9.17, 15) is 40.5 Å². The predicted octanol–water partition coefficient (Wildman–Crippen LogP) is 8.06. The Hall–Kier alpha value is -1.15. The molecule has 1 fully saturated rings. The van der Waals surface area contributed by atoms with Crippen molar-refractivity contribution in [1.82, 2.24) is 5.32 Å². The summed E-state index contributed by atoms with van der Waals surface area (Å²) in [4.78, 5) is 13.0. The predicted molar refractivity (Wildman–Crippen MR) is 233 cm³/mol. The van der Waals surface area contributed by atoms with Crippen LogP contribution in [-0.2, 0) is 14.3 Å². The molecule has 1 rings (SSSR count). The smallest absolute Gasteiger partial charge is 0.249 e. The summed E-state index contributed by atoms with van der Waals surface area (Å²) in [5, 5.41) is 75.2. The van der Waals surface area contributed by atoms with Crippen LogP contribution in [0.4, 0.5) is 0 Å². The van der Waals surface area contributed by atoms with Crippen molar-refractivity contribution in [3.63, 3.8) is 0 Å². The number of aliphatic hydroxyl groups is 7. The monoisotopic (exact) mass is 830 g/mol. The number of carbonyl (C=O) groups is 1. The maximum atomic E-state index is 13.0. The number of unbranched alkanes of at least 4 members (excludes halogenated alkanes) is 26. The van der Waals surface area contributed by atoms with Crippen molar-refractivity contribution in [2.75, 3.05) is 13.2 Å². The highest BCUT2D eigenvalue weighted by molar-refractivity contribution is 5.80. The largest absolute Gasteiger partial charge is 0.394 e. The van der Waals surface area contributed by atoms with E-state index in [1.807, 2.05) is 0 Å². The van der Waals surface area contributed by atoms with E-state index < -0.39 is 74.2 Å². The first-order chi connectivity index (χ1) is 28.2. The van der Waals surface area contributed by atoms with Crippen LogP contribution in [0.25, 0.3) is 0 Å². The van der Waals surface area contributed by atoms with E-state index in [1.165, 1.54) is 122 Å². The fourth-order valence-electron chi connectivity index (χ4n) is 7.79. The summed E-state index contributed by atoms with van der Waals surface area (Å²) in [5.41, 5.74) is 0. The molecule has 1 amide bonds. The molecule has 0 radical (unpaired) electrons. The van der Waals surface area contributed by atoms with Gasteiger partial charge in [0.2, 0.25) is 5.91 Å². The number of nitrogens with one attached hydrogen (secondary N) is 1. The Kier molecular flexibility index (Phi) is 35.6. The van der Waals surface area contributed by atoms with Gasteiger partial charge in [0, 0.05) is 0 Å². The number of rotatable bonds is 40. The van der Waals surface area contributed by atoms with Crippen LogP contribution < -0.4 is 5.32 Å². The molecule has 58 heavy (non-hydrogen) atoms. The zero-order valence-electron chi connectivity index (χ0n) is 37.0. The zero-order chi connectivity index (χ0) is 42.6. The van der Waals surface area contributed by atoms with Crippen LogP contribution in [0, 0.1) is 0 Å². The summed E-state index contributed by atoms with van der Waals surface area (Å²) in [7, 11) is 0. The van der Waals surface area contributed by atoms with Gasteiger partial charge in [0.05, 0.1) is 25.4 Å². The zero-order valence-corrected chi connectivity index (χ0v) is 37.0. The molecule has 0 spiro atoms. The molecule has 0 aromatic rings. The molecule has 0 aliphatic carbocycles. The van der Waals surface area contributed by atoms with Gasteiger partial charge in [-0.05, 0) is 38.5 Å². The Morgan fingerprint density at radius 2 is 1.00 bits per heavy atom. The molecule has 11 nitrogen and oxygen atoms in total. The number of ether oxygens (including phenoxy) is 2. The second-order valence-corrected chi connectivity index (χ2v) is 17.2. The molecule has 344 valence electrons. The normalized spacial score (nSPS) is 22.0. The summed E-state index contributed by atoms with van der Waals surface area (Å²) in [6.07, 6.45) is 28.9. The highest BCUT2D eigenvalue weighted by Gasteiger charge is 2.44. The molecule has 1 aliphatic heterocycles. The summed E-state index contributed by atoms with van der Waals surface area (Å²) in [6.45, 7) is 3.36. The lowest BCUT2D eigenvalue weighted by atomic mass is 9.98. The van der Waals surface area contributed by atoms with E-state index in [2.05, 4.69) is 31.3 Å². The summed E-state index contributed by atoms with van der Waals surface area (Å²) in [5.74, 6) is -0.701. The highest BCUT2D eigenvalue weighted by Crippen LogP contribution is 2.23. The molecule has 11 heteroatoms. The van der Waals surface area contributed by atoms with E-state index in [1.54, 1.807) is 0 Å². The second-order valence-electron chi connectivity index (χ2n) is 17.2. The second kappa shape index (κ2) is 37.6. The molecule has 8 N–H and O–H groups in total. The van der Waals surface area contributed by atoms with Crippen molar-refractivity contribution in [2.45, 2.75) is 268 Å². The van der Waals surface area contributed by atoms with Crippen LogP contribution >= 0.6 is 0 Å². The average molecular weight is 830 g/mol. The molecular formula is C47H91NO10. The van der Waals surface area contributed by atoms with Gasteiger partial charge >= 0.3 is 0 Å². The molecular weight excluding hydrogens is 739 g/mol. The number of hydrogen-bond acceptors (Lipinski definition) is 10. The number of hydrogen-bond donors (Lipinski definition) is 8. The van der Waals surface area contributed by atoms with Crippen molar-refractivity contribution in [3.05, 3.63) is 12.2 Å². The topological polar surface area (TPSA) is 189 Å². The van der Waals surface area contributed by atoms with Gasteiger partial charge in [-0.25, -0.2) is 0 Å². The molecule has 1 saturated heterocycles. The SMILES string of the molecule is CCCCCCCCCCCCCC/C=C\CCCCCCCCCCCC(O)C(=O)NC(COC1OC(CO)C(O)C(O)C1O)C(O)C(O)CCCCCCCC. The van der Waals surface area contributed by atoms with E-state index in [0.717, 1.165) is 51.4 Å². The van der Waals surface area contributed by atoms with Gasteiger partial charge in [-0.1, -0.05) is 187 Å². The fraction of sp³-hybridized carbons (Fsp3) is 0.936. The minimum atomic E-state index is -1.66. The standard InChI is InChI=1S/C47H91NO10/c1-3-5-7-9-11-12-13-14-15-16-17-18-19-20-21-22-23-24-25-26-27-28-29-31-33-35-40(51)46(56)48-38(42(52)39(50)34-32-30-10-8-6-4-2)37-57-47-45(55)44(54)43(53)41(36-49)58-47/h20-21,38-45,47,49-55H,3-19,22-37H2,1-2H3,(H,48,56)/b21-20-. The molecule has 0 bridgehead atoms. The molecule has 1 aliphatic rings. The minimum absolute atomic E-state index is 0.259. The maximum absolute atomic E-state index is 13.0. The fourth-order valence-corrected chi connectivity index (χ4v) is 7.79. The van der Waals surface area contributed by atoms with E-state index in [0.29, 0.717) is 19.3 Å². The molecule has 0 saturated carbocycles. The van der Waals surface area contributed by atoms with Crippen LogP contribution in [-0.4, -0.2) is 110 Å². The first-order valence-corrected chi connectivity index (χ1v) is 24.1. The molecule has 9 atom stereocenters. The quantitative estimate of drug-likeness (QED) is 0.0222. The van der Waals surface area contributed by atoms with Crippen LogP contribution in [0.3, 0.4) is 0 Å². The van der Waals surface area contributed by atoms with Gasteiger partial charge in [0.1, 0.15) is 36.6 Å². The third kappa shape index (κ3) is 26.9. The molecule has 9 unspecified atom stereocenters. The Morgan fingerprint density at radius 3 is 1.45 bits per heavy atom. The maximum Gasteiger partial charge on any atom is 0.249 e. The van der Waals surface area contributed by atoms with Crippen molar-refractivity contribution in [2.24, 2.45) is 0 Å². The van der Waals surface area contributed by atoms with Gasteiger partial charge in [-0.15, -0.1) is 0 Å². The number of aliphatic hydroxyl groups excluding tert-OH is 7. The molecule has 0 aromatic heterocycles. The third-order valence-corrected chi connectivity index (χ3v) is 11.8. The van der Waals surface area contributed by atoms with Crippen molar-refractivity contribution < 1.29 is 50.0 Å². The Morgan fingerprint density at radius 1 is 0.586 bits per heavy atom. The summed E-state index contributed by atoms with van der Waals surface area (Å²) in [6, 6.07) is -1.16. The van der Waals surface area contributed by atoms with E-state index >= 15 is 0 Å². The van der Waals surface area contributed by atoms with Crippen molar-refractivity contribution >= 4 is 5.91 Å². The Balaban J connectivity index is 2.24. The lowest BCUT2D eigenvalue weighted by Gasteiger charge is -2.40. The first-order valence-electron chi connectivity index (χ1n) is 24.1. The lowest BCUT2D eigenvalue weighted by Crippen LogP contribution is -2.60. The Labute approximate surface area is 353 Å². The molecule has 1 heterocycles. The van der Waals surface area contributed by atoms with Gasteiger partial charge in [0.15, 0.2) is 6.29 Å². The minimum Gasteiger partial charge on any atom is -0.394 e. The van der Waals surface area contributed by atoms with Crippen LogP contribution in [0.2, 0.25) is 0 Å². The molecule has 0 aromatic carbocycles. The highest BCUT2D eigenvalue weighted by atomic mass is 16.7. The van der Waals surface area contributed by atoms with Crippen LogP contribution in [0.5, 0.6) is 0 Å². The summed E-state index contributed by atoms with van der Waals surface area (Å²) >= 11 is 0. The summed E-state index contributed by atoms with van der Waals surface area (Å²) < 4.78 is 11.0. The van der Waals surface area contributed by atoms with Crippen LogP contribution in [0.15, 0.2) is 12.2 Å². The number of amides is 1.